The lowest BCUT2D eigenvalue weighted by Gasteiger charge is -2.12. The molecule has 1 unspecified atom stereocenters. The van der Waals surface area contributed by atoms with Gasteiger partial charge in [0.2, 0.25) is 5.16 Å². The van der Waals surface area contributed by atoms with Gasteiger partial charge in [-0.05, 0) is 48.9 Å². The first-order valence-electron chi connectivity index (χ1n) is 8.02. The molecule has 9 heteroatoms. The van der Waals surface area contributed by atoms with Crippen LogP contribution in [0.4, 0.5) is 5.69 Å². The van der Waals surface area contributed by atoms with Gasteiger partial charge in [-0.2, -0.15) is 0 Å². The first kappa shape index (κ1) is 16.4. The van der Waals surface area contributed by atoms with Gasteiger partial charge >= 0.3 is 0 Å². The minimum Gasteiger partial charge on any atom is -0.494 e. The molecule has 1 atom stereocenters. The molecule has 132 valence electrons. The molecule has 0 amide bonds. The molecule has 0 saturated carbocycles. The van der Waals surface area contributed by atoms with Crippen LogP contribution in [0.3, 0.4) is 0 Å². The van der Waals surface area contributed by atoms with Crippen molar-refractivity contribution in [2.75, 3.05) is 12.0 Å². The Morgan fingerprint density at radius 3 is 2.58 bits per heavy atom. The normalized spacial score (nSPS) is 15.3. The highest BCUT2D eigenvalue weighted by atomic mass is 32.2. The summed E-state index contributed by atoms with van der Waals surface area (Å²) in [7, 11) is 0. The van der Waals surface area contributed by atoms with E-state index in [2.05, 4.69) is 15.6 Å². The number of non-ortho nitro benzene ring substituents is 1. The highest BCUT2D eigenvalue weighted by Crippen LogP contribution is 2.40. The van der Waals surface area contributed by atoms with Gasteiger partial charge in [0.05, 0.1) is 11.5 Å². The van der Waals surface area contributed by atoms with Crippen molar-refractivity contribution in [1.29, 1.82) is 0 Å². The van der Waals surface area contributed by atoms with Gasteiger partial charge in [-0.25, -0.2) is 4.68 Å². The molecule has 1 aliphatic heterocycles. The molecule has 0 radical (unpaired) electrons. The third-order valence-electron chi connectivity index (χ3n) is 3.93. The smallest absolute Gasteiger partial charge is 0.269 e. The van der Waals surface area contributed by atoms with Crippen molar-refractivity contribution in [1.82, 2.24) is 14.9 Å². The zero-order chi connectivity index (χ0) is 18.1. The van der Waals surface area contributed by atoms with Crippen LogP contribution in [-0.4, -0.2) is 26.4 Å². The van der Waals surface area contributed by atoms with Gasteiger partial charge in [0.1, 0.15) is 11.1 Å². The number of nitro benzene ring substituents is 1. The van der Waals surface area contributed by atoms with Gasteiger partial charge < -0.3 is 10.2 Å². The van der Waals surface area contributed by atoms with Crippen LogP contribution >= 0.6 is 11.8 Å². The minimum absolute atomic E-state index is 0.0752. The quantitative estimate of drug-likeness (QED) is 0.542. The number of aromatic nitrogens is 3. The number of ether oxygens (including phenoxy) is 1. The van der Waals surface area contributed by atoms with Crippen LogP contribution in [0.25, 0.3) is 11.4 Å². The highest BCUT2D eigenvalue weighted by Gasteiger charge is 2.28. The van der Waals surface area contributed by atoms with Gasteiger partial charge in [-0.15, -0.1) is 10.2 Å². The molecule has 0 saturated heterocycles. The summed E-state index contributed by atoms with van der Waals surface area (Å²) in [5, 5.41) is 19.9. The summed E-state index contributed by atoms with van der Waals surface area (Å²) in [4.78, 5) is 10.4. The molecular formula is C17H15N5O3S. The second-order valence-corrected chi connectivity index (χ2v) is 6.65. The van der Waals surface area contributed by atoms with Crippen LogP contribution in [0.1, 0.15) is 17.9 Å². The molecule has 0 fully saturated rings. The van der Waals surface area contributed by atoms with Gasteiger partial charge in [-0.3, -0.25) is 10.1 Å². The zero-order valence-electron chi connectivity index (χ0n) is 13.8. The molecule has 0 bridgehead atoms. The maximum atomic E-state index is 10.8. The Labute approximate surface area is 153 Å². The summed E-state index contributed by atoms with van der Waals surface area (Å²) in [6.45, 7) is 2.56. The number of hydrogen-bond donors (Lipinski definition) is 1. The summed E-state index contributed by atoms with van der Waals surface area (Å²) >= 11 is 1.51. The Kier molecular flexibility index (Phi) is 4.21. The maximum absolute atomic E-state index is 10.8. The zero-order valence-corrected chi connectivity index (χ0v) is 14.6. The molecule has 1 aromatic heterocycles. The van der Waals surface area contributed by atoms with Crippen molar-refractivity contribution in [2.24, 2.45) is 0 Å². The molecule has 0 spiro atoms. The Balaban J connectivity index is 1.56. The van der Waals surface area contributed by atoms with Crippen LogP contribution in [0.2, 0.25) is 0 Å². The fraction of sp³-hybridized carbons (Fsp3) is 0.176. The first-order chi connectivity index (χ1) is 12.7. The topological polar surface area (TPSA) is 95.1 Å². The number of nitro groups is 1. The summed E-state index contributed by atoms with van der Waals surface area (Å²) in [5.41, 5.74) is 5.27. The van der Waals surface area contributed by atoms with Crippen LogP contribution in [0, 0.1) is 10.1 Å². The predicted octanol–water partition coefficient (Wildman–Crippen LogP) is 3.60. The largest absolute Gasteiger partial charge is 0.494 e. The van der Waals surface area contributed by atoms with Crippen LogP contribution in [0.5, 0.6) is 5.75 Å². The number of rotatable bonds is 5. The second-order valence-electron chi connectivity index (χ2n) is 5.57. The Morgan fingerprint density at radius 1 is 1.19 bits per heavy atom. The van der Waals surface area contributed by atoms with Crippen molar-refractivity contribution in [3.05, 3.63) is 64.2 Å². The first-order valence-corrected chi connectivity index (χ1v) is 8.90. The SMILES string of the molecule is CCOc1ccc(-c2nnc3n2NC(c2ccc([N+](=O)[O-])cc2)S3)cc1. The number of nitrogens with one attached hydrogen (secondary N) is 1. The van der Waals surface area contributed by atoms with Crippen LogP contribution < -0.4 is 10.2 Å². The van der Waals surface area contributed by atoms with E-state index in [9.17, 15) is 10.1 Å². The highest BCUT2D eigenvalue weighted by molar-refractivity contribution is 7.99. The molecular weight excluding hydrogens is 354 g/mol. The monoisotopic (exact) mass is 369 g/mol. The summed E-state index contributed by atoms with van der Waals surface area (Å²) in [5.74, 6) is 1.52. The van der Waals surface area contributed by atoms with E-state index in [1.807, 2.05) is 35.9 Å². The fourth-order valence-corrected chi connectivity index (χ4v) is 3.67. The Hall–Kier alpha value is -3.07. The molecule has 1 aliphatic rings. The third kappa shape index (κ3) is 2.97. The predicted molar refractivity (Wildman–Crippen MR) is 97.7 cm³/mol. The molecule has 8 nitrogen and oxygen atoms in total. The lowest BCUT2D eigenvalue weighted by molar-refractivity contribution is -0.384. The Bertz CT molecular complexity index is 940. The maximum Gasteiger partial charge on any atom is 0.269 e. The molecule has 0 aliphatic carbocycles. The van der Waals surface area contributed by atoms with E-state index in [0.717, 1.165) is 22.0 Å². The van der Waals surface area contributed by atoms with Crippen molar-refractivity contribution in [3.8, 4) is 17.1 Å². The summed E-state index contributed by atoms with van der Waals surface area (Å²) in [6, 6.07) is 14.2. The average Bonchev–Trinajstić information content (AvgIpc) is 3.23. The van der Waals surface area contributed by atoms with Gasteiger partial charge in [-0.1, -0.05) is 11.8 Å². The molecule has 2 heterocycles. The number of thioether (sulfide) groups is 1. The van der Waals surface area contributed by atoms with E-state index in [4.69, 9.17) is 4.74 Å². The molecule has 3 aromatic rings. The van der Waals surface area contributed by atoms with Crippen LogP contribution in [-0.2, 0) is 0 Å². The number of benzene rings is 2. The van der Waals surface area contributed by atoms with Gasteiger partial charge in [0, 0.05) is 17.7 Å². The van der Waals surface area contributed by atoms with Crippen molar-refractivity contribution in [3.63, 3.8) is 0 Å². The molecule has 2 aromatic carbocycles. The van der Waals surface area contributed by atoms with E-state index in [1.54, 1.807) is 12.1 Å². The second kappa shape index (κ2) is 6.68. The van der Waals surface area contributed by atoms with Gasteiger partial charge in [0.15, 0.2) is 5.82 Å². The lowest BCUT2D eigenvalue weighted by Crippen LogP contribution is -2.13. The average molecular weight is 369 g/mol. The van der Waals surface area contributed by atoms with Crippen molar-refractivity contribution >= 4 is 17.4 Å². The van der Waals surface area contributed by atoms with E-state index >= 15 is 0 Å². The minimum atomic E-state index is -0.405. The number of fused-ring (bicyclic) bond motifs is 1. The lowest BCUT2D eigenvalue weighted by atomic mass is 10.2. The van der Waals surface area contributed by atoms with Gasteiger partial charge in [0.25, 0.3) is 5.69 Å². The Morgan fingerprint density at radius 2 is 1.92 bits per heavy atom. The van der Waals surface area contributed by atoms with Crippen molar-refractivity contribution < 1.29 is 9.66 Å². The standard InChI is InChI=1S/C17H15N5O3S/c1-2-25-14-9-5-11(6-10-14)15-18-19-17-21(15)20-16(26-17)12-3-7-13(8-4-12)22(23)24/h3-10,16,20H,2H2,1H3. The molecule has 4 rings (SSSR count). The number of nitrogens with zero attached hydrogens (tertiary/aromatic N) is 4. The van der Waals surface area contributed by atoms with E-state index in [-0.39, 0.29) is 11.1 Å². The van der Waals surface area contributed by atoms with Crippen LogP contribution in [0.15, 0.2) is 53.7 Å². The van der Waals surface area contributed by atoms with E-state index in [0.29, 0.717) is 12.4 Å². The fourth-order valence-electron chi connectivity index (χ4n) is 2.68. The van der Waals surface area contributed by atoms with Crippen molar-refractivity contribution in [2.45, 2.75) is 17.5 Å². The van der Waals surface area contributed by atoms with E-state index in [1.165, 1.54) is 23.9 Å². The number of hydrogen-bond acceptors (Lipinski definition) is 7. The summed E-state index contributed by atoms with van der Waals surface area (Å²) in [6.07, 6.45) is 0. The third-order valence-corrected chi connectivity index (χ3v) is 5.02. The molecule has 1 N–H and O–H groups in total. The summed E-state index contributed by atoms with van der Waals surface area (Å²) < 4.78 is 7.30. The van der Waals surface area contributed by atoms with E-state index < -0.39 is 4.92 Å². The molecule has 26 heavy (non-hydrogen) atoms.